The van der Waals surface area contributed by atoms with Crippen LogP contribution in [0.2, 0.25) is 0 Å². The highest BCUT2D eigenvalue weighted by Crippen LogP contribution is 2.44. The lowest BCUT2D eigenvalue weighted by atomic mass is 9.77. The lowest BCUT2D eigenvalue weighted by Gasteiger charge is -2.39. The van der Waals surface area contributed by atoms with E-state index in [9.17, 15) is 8.42 Å². The lowest BCUT2D eigenvalue weighted by molar-refractivity contribution is 0.211. The Morgan fingerprint density at radius 1 is 0.522 bits per heavy atom. The number of rotatable bonds is 34. The first-order valence-electron chi connectivity index (χ1n) is 20.5. The summed E-state index contributed by atoms with van der Waals surface area (Å²) in [6.07, 6.45) is 41.6. The van der Waals surface area contributed by atoms with E-state index < -0.39 is 10.4 Å². The summed E-state index contributed by atoms with van der Waals surface area (Å²) >= 11 is 0. The van der Waals surface area contributed by atoms with Crippen molar-refractivity contribution in [3.63, 3.8) is 0 Å². The second kappa shape index (κ2) is 35.1. The molecule has 0 bridgehead atoms. The van der Waals surface area contributed by atoms with Crippen LogP contribution in [0.25, 0.3) is 0 Å². The van der Waals surface area contributed by atoms with Crippen molar-refractivity contribution in [2.24, 2.45) is 11.8 Å². The van der Waals surface area contributed by atoms with E-state index in [4.69, 9.17) is 4.55 Å². The van der Waals surface area contributed by atoms with Gasteiger partial charge in [-0.05, 0) is 49.1 Å². The molecule has 4 nitrogen and oxygen atoms in total. The highest BCUT2D eigenvalue weighted by atomic mass is 32.3. The highest BCUT2D eigenvalue weighted by molar-refractivity contribution is 7.80. The van der Waals surface area contributed by atoms with Gasteiger partial charge in [-0.1, -0.05) is 202 Å². The molecule has 0 aromatic rings. The van der Waals surface area contributed by atoms with E-state index in [1.807, 2.05) is 6.92 Å². The first kappa shape index (κ1) is 48.4. The fourth-order valence-corrected chi connectivity index (χ4v) is 7.90. The molecule has 0 aliphatic carbocycles. The largest absolute Gasteiger partial charge is 0.397 e. The molecule has 0 spiro atoms. The Balaban J connectivity index is 0. The summed E-state index contributed by atoms with van der Waals surface area (Å²) in [5.74, 6) is 1.17. The minimum absolute atomic E-state index is 0.0926. The van der Waals surface area contributed by atoms with Gasteiger partial charge in [-0.3, -0.25) is 4.55 Å². The molecule has 0 aliphatic heterocycles. The SMILES string of the molecule is CCCCC(CC)COS(=O)(=O)O.CCCCCCCCCCCCC(CCCCCC)C(P)(CCCCCC)CCCCCC. The molecule has 0 fully saturated rings. The van der Waals surface area contributed by atoms with Crippen LogP contribution in [0.4, 0.5) is 0 Å². The summed E-state index contributed by atoms with van der Waals surface area (Å²) in [5, 5.41) is 0.521. The van der Waals surface area contributed by atoms with Gasteiger partial charge >= 0.3 is 10.4 Å². The van der Waals surface area contributed by atoms with Gasteiger partial charge in [0.15, 0.2) is 0 Å². The van der Waals surface area contributed by atoms with Crippen molar-refractivity contribution in [1.29, 1.82) is 0 Å². The molecule has 0 rings (SSSR count). The summed E-state index contributed by atoms with van der Waals surface area (Å²) in [7, 11) is -0.769. The van der Waals surface area contributed by atoms with E-state index in [1.165, 1.54) is 167 Å². The zero-order chi connectivity index (χ0) is 34.8. The van der Waals surface area contributed by atoms with Gasteiger partial charge in [-0.15, -0.1) is 9.24 Å². The van der Waals surface area contributed by atoms with Gasteiger partial charge in [0.25, 0.3) is 0 Å². The average molecular weight is 693 g/mol. The molecule has 46 heavy (non-hydrogen) atoms. The van der Waals surface area contributed by atoms with Crippen LogP contribution >= 0.6 is 9.24 Å². The third kappa shape index (κ3) is 32.8. The van der Waals surface area contributed by atoms with Crippen LogP contribution in [0.15, 0.2) is 0 Å². The van der Waals surface area contributed by atoms with Crippen LogP contribution in [-0.4, -0.2) is 24.7 Å². The molecule has 0 amide bonds. The van der Waals surface area contributed by atoms with Gasteiger partial charge in [0, 0.05) is 0 Å². The maximum atomic E-state index is 10.3. The molecule has 0 aromatic heterocycles. The Kier molecular flexibility index (Phi) is 37.0. The molecule has 0 saturated heterocycles. The zero-order valence-electron chi connectivity index (χ0n) is 32.2. The molecule has 0 radical (unpaired) electrons. The van der Waals surface area contributed by atoms with Gasteiger partial charge in [-0.25, -0.2) is 4.18 Å². The van der Waals surface area contributed by atoms with E-state index in [0.29, 0.717) is 5.16 Å². The molecular weight excluding hydrogens is 607 g/mol. The standard InChI is InChI=1S/C32H67P.C8H18O4S/c1-5-9-13-17-18-19-20-21-22-24-28-31(27-23-14-10-6-2)32(33,29-25-15-11-7-3)30-26-16-12-8-4;1-3-5-6-8(4-2)7-12-13(9,10)11/h31H,5-30,33H2,1-4H3;8H,3-7H2,1-2H3,(H,9,10,11). The lowest BCUT2D eigenvalue weighted by Crippen LogP contribution is -2.32. The predicted octanol–water partition coefficient (Wildman–Crippen LogP) is 14.5. The molecule has 0 aromatic carbocycles. The Hall–Kier alpha value is 0.300. The van der Waals surface area contributed by atoms with Crippen LogP contribution in [-0.2, 0) is 14.6 Å². The van der Waals surface area contributed by atoms with E-state index in [1.54, 1.807) is 0 Å². The Morgan fingerprint density at radius 3 is 1.24 bits per heavy atom. The quantitative estimate of drug-likeness (QED) is 0.0414. The van der Waals surface area contributed by atoms with Gasteiger partial charge in [0.05, 0.1) is 6.61 Å². The van der Waals surface area contributed by atoms with Crippen molar-refractivity contribution >= 4 is 19.6 Å². The van der Waals surface area contributed by atoms with E-state index in [2.05, 4.69) is 48.0 Å². The molecule has 0 saturated carbocycles. The van der Waals surface area contributed by atoms with Crippen molar-refractivity contribution < 1.29 is 17.2 Å². The van der Waals surface area contributed by atoms with Crippen LogP contribution in [0.3, 0.4) is 0 Å². The minimum atomic E-state index is -4.25. The van der Waals surface area contributed by atoms with Crippen molar-refractivity contribution in [2.75, 3.05) is 6.61 Å². The van der Waals surface area contributed by atoms with Gasteiger partial charge in [0.2, 0.25) is 0 Å². The van der Waals surface area contributed by atoms with Gasteiger partial charge in [-0.2, -0.15) is 8.42 Å². The molecule has 1 N–H and O–H groups in total. The molecule has 6 heteroatoms. The van der Waals surface area contributed by atoms with Gasteiger partial charge in [0.1, 0.15) is 0 Å². The third-order valence-electron chi connectivity index (χ3n) is 10.1. The minimum Gasteiger partial charge on any atom is -0.264 e. The van der Waals surface area contributed by atoms with Crippen molar-refractivity contribution in [1.82, 2.24) is 0 Å². The van der Waals surface area contributed by atoms with E-state index >= 15 is 0 Å². The van der Waals surface area contributed by atoms with Crippen LogP contribution in [0, 0.1) is 11.8 Å². The summed E-state index contributed by atoms with van der Waals surface area (Å²) in [6.45, 7) is 13.5. The summed E-state index contributed by atoms with van der Waals surface area (Å²) < 4.78 is 33.2. The van der Waals surface area contributed by atoms with Crippen LogP contribution in [0.1, 0.15) is 234 Å². The molecule has 280 valence electrons. The Labute approximate surface area is 293 Å². The molecule has 3 unspecified atom stereocenters. The molecular formula is C40H85O4PS. The Bertz CT molecular complexity index is 687. The van der Waals surface area contributed by atoms with Crippen molar-refractivity contribution in [3.05, 3.63) is 0 Å². The third-order valence-corrected chi connectivity index (χ3v) is 11.6. The predicted molar refractivity (Wildman–Crippen MR) is 209 cm³/mol. The van der Waals surface area contributed by atoms with E-state index in [-0.39, 0.29) is 12.5 Å². The summed E-state index contributed by atoms with van der Waals surface area (Å²) in [5.41, 5.74) is 0. The van der Waals surface area contributed by atoms with Crippen LogP contribution < -0.4 is 0 Å². The molecule has 0 aliphatic rings. The second-order valence-electron chi connectivity index (χ2n) is 14.5. The zero-order valence-corrected chi connectivity index (χ0v) is 34.2. The fourth-order valence-electron chi connectivity index (χ4n) is 6.79. The average Bonchev–Trinajstić information content (AvgIpc) is 3.03. The van der Waals surface area contributed by atoms with E-state index in [0.717, 1.165) is 31.6 Å². The fraction of sp³-hybridized carbons (Fsp3) is 1.00. The maximum absolute atomic E-state index is 10.3. The first-order valence-corrected chi connectivity index (χ1v) is 22.5. The summed E-state index contributed by atoms with van der Waals surface area (Å²) in [6, 6.07) is 0. The maximum Gasteiger partial charge on any atom is 0.397 e. The van der Waals surface area contributed by atoms with Crippen molar-refractivity contribution in [3.8, 4) is 0 Å². The normalized spacial score (nSPS) is 13.4. The van der Waals surface area contributed by atoms with Crippen LogP contribution in [0.5, 0.6) is 0 Å². The number of unbranched alkanes of at least 4 members (excludes halogenated alkanes) is 19. The Morgan fingerprint density at radius 2 is 0.870 bits per heavy atom. The summed E-state index contributed by atoms with van der Waals surface area (Å²) in [4.78, 5) is 0. The van der Waals surface area contributed by atoms with Gasteiger partial charge < -0.3 is 0 Å². The topological polar surface area (TPSA) is 63.6 Å². The molecule has 0 heterocycles. The van der Waals surface area contributed by atoms with Crippen molar-refractivity contribution in [2.45, 2.75) is 239 Å². The smallest absolute Gasteiger partial charge is 0.264 e. The second-order valence-corrected chi connectivity index (χ2v) is 16.7. The first-order chi connectivity index (χ1) is 22.1. The number of hydrogen-bond donors (Lipinski definition) is 1. The molecule has 3 atom stereocenters. The monoisotopic (exact) mass is 693 g/mol. The number of hydrogen-bond acceptors (Lipinski definition) is 3. The highest BCUT2D eigenvalue weighted by Gasteiger charge is 2.32.